The van der Waals surface area contributed by atoms with Crippen molar-refractivity contribution in [1.29, 1.82) is 0 Å². The van der Waals surface area contributed by atoms with Gasteiger partial charge in [-0.2, -0.15) is 0 Å². The average molecular weight is 597 g/mol. The first-order valence-electron chi connectivity index (χ1n) is 13.7. The van der Waals surface area contributed by atoms with Gasteiger partial charge in [-0.25, -0.2) is 4.79 Å². The molecule has 0 radical (unpaired) electrons. The first-order chi connectivity index (χ1) is 19.5. The van der Waals surface area contributed by atoms with Crippen molar-refractivity contribution in [2.75, 3.05) is 5.32 Å². The highest BCUT2D eigenvalue weighted by atomic mass is 35.5. The Morgan fingerprint density at radius 3 is 2.19 bits per heavy atom. The van der Waals surface area contributed by atoms with E-state index in [1.54, 1.807) is 57.2 Å². The number of halogens is 1. The highest BCUT2D eigenvalue weighted by molar-refractivity contribution is 6.34. The molecule has 0 heterocycles. The molecule has 0 fully saturated rings. The van der Waals surface area contributed by atoms with Gasteiger partial charge in [-0.15, -0.1) is 6.42 Å². The molecule has 0 aliphatic carbocycles. The van der Waals surface area contributed by atoms with Crippen molar-refractivity contribution in [3.05, 3.63) is 64.2 Å². The van der Waals surface area contributed by atoms with Crippen LogP contribution in [0.3, 0.4) is 0 Å². The van der Waals surface area contributed by atoms with Crippen molar-refractivity contribution in [3.8, 4) is 12.3 Å². The van der Waals surface area contributed by atoms with Crippen molar-refractivity contribution < 1.29 is 23.9 Å². The lowest BCUT2D eigenvalue weighted by Crippen LogP contribution is -2.59. The number of amides is 4. The van der Waals surface area contributed by atoms with E-state index in [4.69, 9.17) is 28.5 Å². The van der Waals surface area contributed by atoms with Crippen molar-refractivity contribution in [2.24, 2.45) is 5.73 Å². The van der Waals surface area contributed by atoms with Gasteiger partial charge in [0.2, 0.25) is 11.8 Å². The predicted molar refractivity (Wildman–Crippen MR) is 165 cm³/mol. The molecular formula is C32H41ClN4O5. The summed E-state index contributed by atoms with van der Waals surface area (Å²) in [7, 11) is 0. The maximum absolute atomic E-state index is 14.5. The molecule has 9 nitrogen and oxygen atoms in total. The van der Waals surface area contributed by atoms with E-state index >= 15 is 0 Å². The molecule has 0 spiro atoms. The molecule has 2 atom stereocenters. The van der Waals surface area contributed by atoms with Crippen LogP contribution < -0.4 is 16.4 Å². The minimum absolute atomic E-state index is 0.0995. The van der Waals surface area contributed by atoms with E-state index in [-0.39, 0.29) is 12.8 Å². The number of terminal acetylenes is 1. The molecule has 0 saturated heterocycles. The Morgan fingerprint density at radius 2 is 1.69 bits per heavy atom. The number of rotatable bonds is 11. The van der Waals surface area contributed by atoms with Crippen LogP contribution in [0.15, 0.2) is 42.5 Å². The van der Waals surface area contributed by atoms with E-state index in [9.17, 15) is 19.2 Å². The van der Waals surface area contributed by atoms with E-state index in [1.807, 2.05) is 33.8 Å². The molecular weight excluding hydrogens is 556 g/mol. The number of carbonyl (C=O) groups is 4. The second-order valence-electron chi connectivity index (χ2n) is 11.7. The molecule has 0 bridgehead atoms. The number of ether oxygens (including phenoxy) is 1. The predicted octanol–water partition coefficient (Wildman–Crippen LogP) is 5.49. The molecule has 2 aromatic carbocycles. The van der Waals surface area contributed by atoms with Crippen molar-refractivity contribution >= 4 is 41.1 Å². The van der Waals surface area contributed by atoms with Gasteiger partial charge in [-0.05, 0) is 83.7 Å². The highest BCUT2D eigenvalue weighted by Crippen LogP contribution is 2.35. The molecule has 0 aromatic heterocycles. The lowest BCUT2D eigenvalue weighted by molar-refractivity contribution is -0.148. The van der Waals surface area contributed by atoms with Gasteiger partial charge in [0, 0.05) is 17.5 Å². The highest BCUT2D eigenvalue weighted by Gasteiger charge is 2.43. The summed E-state index contributed by atoms with van der Waals surface area (Å²) in [6, 6.07) is 9.57. The fraction of sp³-hybridized carbons (Fsp3) is 0.438. The van der Waals surface area contributed by atoms with E-state index in [1.165, 1.54) is 4.90 Å². The Hall–Kier alpha value is -4.03. The third-order valence-corrected chi connectivity index (χ3v) is 7.11. The standard InChI is InChI=1S/C32H41ClN4O5/c1-9-21-14-16-22(17-15-21)27(28(39)36-26-20(3)12-11-13-23(26)33)37(32(7,8)10-2)29(40)24(18-19-25(34)38)35-30(41)42-31(4,5)6/h1,11-17,24,27H,10,18-19H2,2-8H3,(H2,34,38)(H,35,41)(H,36,39). The Morgan fingerprint density at radius 1 is 1.07 bits per heavy atom. The number of nitrogens with zero attached hydrogens (tertiary/aromatic N) is 1. The van der Waals surface area contributed by atoms with Crippen molar-refractivity contribution in [2.45, 2.75) is 91.0 Å². The third-order valence-electron chi connectivity index (χ3n) is 6.79. The van der Waals surface area contributed by atoms with Crippen LogP contribution in [0.1, 0.15) is 83.5 Å². The Labute approximate surface area is 253 Å². The van der Waals surface area contributed by atoms with Gasteiger partial charge in [0.05, 0.1) is 10.7 Å². The van der Waals surface area contributed by atoms with Gasteiger partial charge < -0.3 is 26.0 Å². The number of para-hydroxylation sites is 1. The first kappa shape index (κ1) is 34.2. The summed E-state index contributed by atoms with van der Waals surface area (Å²) in [6.07, 6.45) is 4.89. The van der Waals surface area contributed by atoms with Gasteiger partial charge in [0.15, 0.2) is 0 Å². The minimum Gasteiger partial charge on any atom is -0.444 e. The molecule has 0 aliphatic heterocycles. The minimum atomic E-state index is -1.22. The molecule has 0 saturated carbocycles. The number of anilines is 1. The number of carbonyl (C=O) groups excluding carboxylic acids is 4. The summed E-state index contributed by atoms with van der Waals surface area (Å²) < 4.78 is 5.39. The number of hydrogen-bond acceptors (Lipinski definition) is 5. The van der Waals surface area contributed by atoms with Gasteiger partial charge >= 0.3 is 6.09 Å². The SMILES string of the molecule is C#Cc1ccc(C(C(=O)Nc2c(C)cccc2Cl)N(C(=O)C(CCC(N)=O)NC(=O)OC(C)(C)C)C(C)(C)CC)cc1. The van der Waals surface area contributed by atoms with Crippen molar-refractivity contribution in [1.82, 2.24) is 10.2 Å². The summed E-state index contributed by atoms with van der Waals surface area (Å²) in [5.74, 6) is 0.789. The van der Waals surface area contributed by atoms with Crippen LogP contribution in [0, 0.1) is 19.3 Å². The molecule has 4 amide bonds. The fourth-order valence-electron chi connectivity index (χ4n) is 4.27. The number of primary amides is 1. The zero-order valence-corrected chi connectivity index (χ0v) is 26.1. The number of nitrogens with one attached hydrogen (secondary N) is 2. The van der Waals surface area contributed by atoms with Crippen LogP contribution in [0.2, 0.25) is 5.02 Å². The summed E-state index contributed by atoms with van der Waals surface area (Å²) >= 11 is 6.43. The first-order valence-corrected chi connectivity index (χ1v) is 14.1. The normalized spacial score (nSPS) is 12.8. The quantitative estimate of drug-likeness (QED) is 0.295. The van der Waals surface area contributed by atoms with E-state index in [0.717, 1.165) is 5.56 Å². The lowest BCUT2D eigenvalue weighted by Gasteiger charge is -2.44. The van der Waals surface area contributed by atoms with Gasteiger partial charge in [-0.3, -0.25) is 14.4 Å². The maximum Gasteiger partial charge on any atom is 0.408 e. The van der Waals surface area contributed by atoms with Gasteiger partial charge in [0.25, 0.3) is 5.91 Å². The lowest BCUT2D eigenvalue weighted by atomic mass is 9.91. The zero-order valence-electron chi connectivity index (χ0n) is 25.3. The topological polar surface area (TPSA) is 131 Å². The van der Waals surface area contributed by atoms with Gasteiger partial charge in [-0.1, -0.05) is 48.7 Å². The fourth-order valence-corrected chi connectivity index (χ4v) is 4.54. The largest absolute Gasteiger partial charge is 0.444 e. The van der Waals surface area contributed by atoms with Crippen LogP contribution in [0.25, 0.3) is 0 Å². The van der Waals surface area contributed by atoms with Crippen LogP contribution in [0.5, 0.6) is 0 Å². The number of alkyl carbamates (subject to hydrolysis) is 1. The average Bonchev–Trinajstić information content (AvgIpc) is 2.90. The maximum atomic E-state index is 14.5. The second-order valence-corrected chi connectivity index (χ2v) is 12.1. The van der Waals surface area contributed by atoms with Crippen LogP contribution >= 0.6 is 11.6 Å². The van der Waals surface area contributed by atoms with Gasteiger partial charge in [0.1, 0.15) is 17.7 Å². The summed E-state index contributed by atoms with van der Waals surface area (Å²) in [6.45, 7) is 12.4. The number of hydrogen-bond donors (Lipinski definition) is 3. The molecule has 0 aliphatic rings. The number of nitrogens with two attached hydrogens (primary N) is 1. The monoisotopic (exact) mass is 596 g/mol. The Kier molecular flexibility index (Phi) is 11.6. The van der Waals surface area contributed by atoms with Crippen molar-refractivity contribution in [3.63, 3.8) is 0 Å². The smallest absolute Gasteiger partial charge is 0.408 e. The zero-order chi connectivity index (χ0) is 31.8. The van der Waals surface area contributed by atoms with Crippen LogP contribution in [0.4, 0.5) is 10.5 Å². The Balaban J connectivity index is 2.71. The summed E-state index contributed by atoms with van der Waals surface area (Å²) in [4.78, 5) is 54.6. The number of aryl methyl sites for hydroxylation is 1. The second kappa shape index (κ2) is 14.2. The summed E-state index contributed by atoms with van der Waals surface area (Å²) in [5, 5.41) is 5.84. The third kappa shape index (κ3) is 9.25. The molecule has 10 heteroatoms. The molecule has 42 heavy (non-hydrogen) atoms. The molecule has 2 aromatic rings. The molecule has 226 valence electrons. The number of benzene rings is 2. The van der Waals surface area contributed by atoms with E-state index < -0.39 is 47.0 Å². The Bertz CT molecular complexity index is 1320. The molecule has 2 rings (SSSR count). The van der Waals surface area contributed by atoms with Crippen LogP contribution in [-0.4, -0.2) is 45.9 Å². The molecule has 4 N–H and O–H groups in total. The molecule has 2 unspecified atom stereocenters. The van der Waals surface area contributed by atoms with E-state index in [2.05, 4.69) is 16.6 Å². The van der Waals surface area contributed by atoms with E-state index in [0.29, 0.717) is 28.3 Å². The summed E-state index contributed by atoms with van der Waals surface area (Å²) in [5.41, 5.74) is 5.89. The van der Waals surface area contributed by atoms with Crippen LogP contribution in [-0.2, 0) is 19.1 Å².